The Balaban J connectivity index is 1.78. The molecule has 0 bridgehead atoms. The number of nitrogens with zero attached hydrogens (tertiary/aromatic N) is 2. The molecule has 0 atom stereocenters. The molecular formula is C11H17N3OS. The van der Waals surface area contributed by atoms with Gasteiger partial charge in [0, 0.05) is 19.7 Å². The molecule has 5 heteroatoms. The highest BCUT2D eigenvalue weighted by molar-refractivity contribution is 7.80. The zero-order valence-corrected chi connectivity index (χ0v) is 10.3. The molecule has 0 aliphatic heterocycles. The Morgan fingerprint density at radius 3 is 2.94 bits per heavy atom. The van der Waals surface area contributed by atoms with Crippen LogP contribution >= 0.6 is 12.6 Å². The topological polar surface area (TPSA) is 46.9 Å². The number of nitrogens with one attached hydrogen (secondary N) is 1. The SMILES string of the molecule is Cn1nccc1CNC(=O)CC1(CS)CC1. The summed E-state index contributed by atoms with van der Waals surface area (Å²) >= 11 is 4.29. The van der Waals surface area contributed by atoms with E-state index in [2.05, 4.69) is 23.0 Å². The Labute approximate surface area is 101 Å². The molecule has 16 heavy (non-hydrogen) atoms. The van der Waals surface area contributed by atoms with E-state index < -0.39 is 0 Å². The maximum absolute atomic E-state index is 11.7. The Hall–Kier alpha value is -0.970. The molecule has 88 valence electrons. The number of hydrogen-bond acceptors (Lipinski definition) is 3. The lowest BCUT2D eigenvalue weighted by atomic mass is 10.1. The van der Waals surface area contributed by atoms with Crippen LogP contribution in [0.1, 0.15) is 25.0 Å². The van der Waals surface area contributed by atoms with E-state index in [0.717, 1.165) is 24.3 Å². The first-order valence-corrected chi connectivity index (χ1v) is 6.13. The van der Waals surface area contributed by atoms with Crippen molar-refractivity contribution < 1.29 is 4.79 Å². The zero-order valence-electron chi connectivity index (χ0n) is 9.44. The van der Waals surface area contributed by atoms with Gasteiger partial charge in [0.1, 0.15) is 0 Å². The lowest BCUT2D eigenvalue weighted by Gasteiger charge is -2.11. The number of carbonyl (C=O) groups is 1. The molecule has 2 rings (SSSR count). The second-order valence-corrected chi connectivity index (χ2v) is 4.87. The van der Waals surface area contributed by atoms with Gasteiger partial charge in [-0.05, 0) is 30.1 Å². The monoisotopic (exact) mass is 239 g/mol. The number of hydrogen-bond donors (Lipinski definition) is 2. The van der Waals surface area contributed by atoms with Crippen molar-refractivity contribution in [1.82, 2.24) is 15.1 Å². The summed E-state index contributed by atoms with van der Waals surface area (Å²) in [6.07, 6.45) is 4.61. The summed E-state index contributed by atoms with van der Waals surface area (Å²) in [6.45, 7) is 0.554. The van der Waals surface area contributed by atoms with Crippen molar-refractivity contribution in [1.29, 1.82) is 0 Å². The fourth-order valence-corrected chi connectivity index (χ4v) is 2.16. The lowest BCUT2D eigenvalue weighted by Crippen LogP contribution is -2.27. The van der Waals surface area contributed by atoms with Crippen molar-refractivity contribution >= 4 is 18.5 Å². The summed E-state index contributed by atoms with van der Waals surface area (Å²) in [5, 5.41) is 6.97. The highest BCUT2D eigenvalue weighted by Gasteiger charge is 2.42. The first-order valence-electron chi connectivity index (χ1n) is 5.50. The van der Waals surface area contributed by atoms with Crippen LogP contribution in [0.3, 0.4) is 0 Å². The molecule has 1 aromatic rings. The largest absolute Gasteiger partial charge is 0.350 e. The van der Waals surface area contributed by atoms with E-state index in [4.69, 9.17) is 0 Å². The third-order valence-electron chi connectivity index (χ3n) is 3.22. The number of amides is 1. The summed E-state index contributed by atoms with van der Waals surface area (Å²) in [7, 11) is 1.87. The number of aryl methyl sites for hydroxylation is 1. The number of carbonyl (C=O) groups excluding carboxylic acids is 1. The minimum Gasteiger partial charge on any atom is -0.350 e. The highest BCUT2D eigenvalue weighted by Crippen LogP contribution is 2.49. The predicted molar refractivity (Wildman–Crippen MR) is 65.2 cm³/mol. The molecule has 4 nitrogen and oxygen atoms in total. The zero-order chi connectivity index (χ0) is 11.6. The fourth-order valence-electron chi connectivity index (χ4n) is 1.73. The van der Waals surface area contributed by atoms with E-state index >= 15 is 0 Å². The van der Waals surface area contributed by atoms with E-state index in [1.54, 1.807) is 10.9 Å². The van der Waals surface area contributed by atoms with Crippen LogP contribution < -0.4 is 5.32 Å². The maximum Gasteiger partial charge on any atom is 0.220 e. The summed E-state index contributed by atoms with van der Waals surface area (Å²) in [6, 6.07) is 1.91. The van der Waals surface area contributed by atoms with Crippen LogP contribution in [0.25, 0.3) is 0 Å². The molecule has 1 fully saturated rings. The van der Waals surface area contributed by atoms with Gasteiger partial charge in [-0.3, -0.25) is 9.48 Å². The number of aromatic nitrogens is 2. The van der Waals surface area contributed by atoms with E-state index in [1.165, 1.54) is 0 Å². The molecule has 1 aliphatic carbocycles. The van der Waals surface area contributed by atoms with E-state index in [-0.39, 0.29) is 11.3 Å². The maximum atomic E-state index is 11.7. The second-order valence-electron chi connectivity index (χ2n) is 4.56. The van der Waals surface area contributed by atoms with Crippen molar-refractivity contribution in [2.45, 2.75) is 25.8 Å². The van der Waals surface area contributed by atoms with Crippen LogP contribution in [0, 0.1) is 5.41 Å². The van der Waals surface area contributed by atoms with Crippen LogP contribution in [-0.2, 0) is 18.4 Å². The van der Waals surface area contributed by atoms with Crippen LogP contribution in [0.15, 0.2) is 12.3 Å². The van der Waals surface area contributed by atoms with Gasteiger partial charge >= 0.3 is 0 Å². The summed E-state index contributed by atoms with van der Waals surface area (Å²) in [5.74, 6) is 0.930. The third-order valence-corrected chi connectivity index (χ3v) is 3.89. The first-order chi connectivity index (χ1) is 7.65. The molecule has 1 amide bonds. The normalized spacial score (nSPS) is 17.1. The standard InChI is InChI=1S/C11H17N3OS/c1-14-9(2-5-13-14)7-12-10(15)6-11(8-16)3-4-11/h2,5,16H,3-4,6-8H2,1H3,(H,12,15). The Kier molecular flexibility index (Phi) is 3.23. The number of rotatable bonds is 5. The minimum absolute atomic E-state index is 0.118. The average molecular weight is 239 g/mol. The van der Waals surface area contributed by atoms with E-state index in [0.29, 0.717) is 13.0 Å². The third kappa shape index (κ3) is 2.58. The average Bonchev–Trinajstić information content (AvgIpc) is 2.92. The van der Waals surface area contributed by atoms with E-state index in [9.17, 15) is 4.79 Å². The van der Waals surface area contributed by atoms with Crippen molar-refractivity contribution in [2.75, 3.05) is 5.75 Å². The van der Waals surface area contributed by atoms with Gasteiger partial charge in [-0.2, -0.15) is 17.7 Å². The molecule has 0 radical (unpaired) electrons. The van der Waals surface area contributed by atoms with Gasteiger partial charge in [-0.15, -0.1) is 0 Å². The molecule has 0 spiro atoms. The molecule has 1 aromatic heterocycles. The summed E-state index contributed by atoms with van der Waals surface area (Å²) < 4.78 is 1.77. The molecule has 1 aliphatic rings. The number of thiol groups is 1. The van der Waals surface area contributed by atoms with E-state index in [1.807, 2.05) is 13.1 Å². The summed E-state index contributed by atoms with van der Waals surface area (Å²) in [4.78, 5) is 11.7. The molecule has 0 aromatic carbocycles. The van der Waals surface area contributed by atoms with Gasteiger partial charge in [-0.25, -0.2) is 0 Å². The molecule has 1 N–H and O–H groups in total. The predicted octanol–water partition coefficient (Wildman–Crippen LogP) is 1.14. The van der Waals surface area contributed by atoms with Gasteiger partial charge in [0.05, 0.1) is 12.2 Å². The van der Waals surface area contributed by atoms with Gasteiger partial charge in [0.25, 0.3) is 0 Å². The van der Waals surface area contributed by atoms with Gasteiger partial charge in [-0.1, -0.05) is 0 Å². The fraction of sp³-hybridized carbons (Fsp3) is 0.636. The van der Waals surface area contributed by atoms with Crippen LogP contribution in [0.4, 0.5) is 0 Å². The van der Waals surface area contributed by atoms with Crippen LogP contribution in [0.5, 0.6) is 0 Å². The Morgan fingerprint density at radius 1 is 1.69 bits per heavy atom. The molecule has 1 saturated carbocycles. The van der Waals surface area contributed by atoms with Crippen LogP contribution in [-0.4, -0.2) is 21.4 Å². The minimum atomic E-state index is 0.118. The Bertz CT molecular complexity index is 384. The van der Waals surface area contributed by atoms with Crippen molar-refractivity contribution in [3.63, 3.8) is 0 Å². The van der Waals surface area contributed by atoms with Crippen molar-refractivity contribution in [3.05, 3.63) is 18.0 Å². The van der Waals surface area contributed by atoms with Crippen molar-refractivity contribution in [2.24, 2.45) is 12.5 Å². The first kappa shape index (κ1) is 11.5. The van der Waals surface area contributed by atoms with Crippen LogP contribution in [0.2, 0.25) is 0 Å². The van der Waals surface area contributed by atoms with Gasteiger partial charge < -0.3 is 5.32 Å². The second kappa shape index (κ2) is 4.49. The lowest BCUT2D eigenvalue weighted by molar-refractivity contribution is -0.122. The van der Waals surface area contributed by atoms with Gasteiger partial charge in [0.2, 0.25) is 5.91 Å². The molecular weight excluding hydrogens is 222 g/mol. The molecule has 0 saturated heterocycles. The van der Waals surface area contributed by atoms with Gasteiger partial charge in [0.15, 0.2) is 0 Å². The summed E-state index contributed by atoms with van der Waals surface area (Å²) in [5.41, 5.74) is 1.21. The highest BCUT2D eigenvalue weighted by atomic mass is 32.1. The molecule has 0 unspecified atom stereocenters. The quantitative estimate of drug-likeness (QED) is 0.757. The molecule has 1 heterocycles. The van der Waals surface area contributed by atoms with Crippen molar-refractivity contribution in [3.8, 4) is 0 Å². The smallest absolute Gasteiger partial charge is 0.220 e. The Morgan fingerprint density at radius 2 is 2.44 bits per heavy atom.